The first-order valence-corrected chi connectivity index (χ1v) is 9.45. The Kier molecular flexibility index (Phi) is 6.39. The minimum atomic E-state index is -1.01. The molecule has 8 heteroatoms. The van der Waals surface area contributed by atoms with E-state index in [4.69, 9.17) is 25.8 Å². The summed E-state index contributed by atoms with van der Waals surface area (Å²) < 4.78 is 16.4. The van der Waals surface area contributed by atoms with E-state index in [1.807, 2.05) is 0 Å². The number of amides is 1. The van der Waals surface area contributed by atoms with Crippen molar-refractivity contribution in [3.05, 3.63) is 52.5 Å². The largest absolute Gasteiger partial charge is 0.489 e. The maximum atomic E-state index is 12.6. The Balaban J connectivity index is 1.70. The second kappa shape index (κ2) is 8.96. The van der Waals surface area contributed by atoms with E-state index in [2.05, 4.69) is 5.32 Å². The number of halogens is 1. The summed E-state index contributed by atoms with van der Waals surface area (Å²) in [5, 5.41) is 2.86. The Morgan fingerprint density at radius 1 is 1.07 bits per heavy atom. The average Bonchev–Trinajstić information content (AvgIpc) is 2.93. The predicted molar refractivity (Wildman–Crippen MR) is 107 cm³/mol. The van der Waals surface area contributed by atoms with Gasteiger partial charge in [-0.3, -0.25) is 9.59 Å². The standard InChI is InChI=1S/C21H20ClNO6/c1-12(19(25)14-4-6-16(7-5-14)23-13(2)24)29-21(26)15-10-17(22)20-18(11-15)27-8-3-9-28-20/h4-7,10-12H,3,8-9H2,1-2H3,(H,23,24). The number of rotatable bonds is 5. The van der Waals surface area contributed by atoms with Crippen LogP contribution in [0.3, 0.4) is 0 Å². The number of anilines is 1. The molecule has 0 radical (unpaired) electrons. The molecule has 1 N–H and O–H groups in total. The van der Waals surface area contributed by atoms with Gasteiger partial charge in [0, 0.05) is 24.6 Å². The van der Waals surface area contributed by atoms with Gasteiger partial charge < -0.3 is 19.5 Å². The van der Waals surface area contributed by atoms with Gasteiger partial charge in [0.05, 0.1) is 23.8 Å². The molecule has 0 spiro atoms. The van der Waals surface area contributed by atoms with Crippen LogP contribution in [-0.2, 0) is 9.53 Å². The minimum absolute atomic E-state index is 0.167. The van der Waals surface area contributed by atoms with Crippen molar-refractivity contribution in [3.63, 3.8) is 0 Å². The first-order valence-electron chi connectivity index (χ1n) is 9.07. The van der Waals surface area contributed by atoms with Crippen LogP contribution in [-0.4, -0.2) is 37.0 Å². The van der Waals surface area contributed by atoms with Crippen LogP contribution in [0, 0.1) is 0 Å². The van der Waals surface area contributed by atoms with Crippen molar-refractivity contribution < 1.29 is 28.6 Å². The van der Waals surface area contributed by atoms with E-state index in [1.165, 1.54) is 26.0 Å². The van der Waals surface area contributed by atoms with Gasteiger partial charge in [-0.05, 0) is 43.3 Å². The molecule has 1 amide bonds. The zero-order valence-corrected chi connectivity index (χ0v) is 16.7. The van der Waals surface area contributed by atoms with Crippen molar-refractivity contribution in [1.82, 2.24) is 0 Å². The number of nitrogens with one attached hydrogen (secondary N) is 1. The molecule has 0 bridgehead atoms. The number of carbonyl (C=O) groups is 3. The van der Waals surface area contributed by atoms with Gasteiger partial charge >= 0.3 is 5.97 Å². The normalized spacial score (nSPS) is 13.8. The fraction of sp³-hybridized carbons (Fsp3) is 0.286. The number of hydrogen-bond donors (Lipinski definition) is 1. The van der Waals surface area contributed by atoms with Crippen molar-refractivity contribution in [2.24, 2.45) is 0 Å². The number of Topliss-reactive ketones (excluding diaryl/α,β-unsaturated/α-hetero) is 1. The Bertz CT molecular complexity index is 941. The maximum absolute atomic E-state index is 12.6. The van der Waals surface area contributed by atoms with Crippen molar-refractivity contribution in [1.29, 1.82) is 0 Å². The molecule has 2 aromatic carbocycles. The first-order chi connectivity index (χ1) is 13.8. The Morgan fingerprint density at radius 2 is 1.76 bits per heavy atom. The van der Waals surface area contributed by atoms with Crippen LogP contribution in [0.1, 0.15) is 41.0 Å². The van der Waals surface area contributed by atoms with Gasteiger partial charge in [0.15, 0.2) is 17.6 Å². The summed E-state index contributed by atoms with van der Waals surface area (Å²) in [5.41, 5.74) is 1.09. The molecular formula is C21H20ClNO6. The summed E-state index contributed by atoms with van der Waals surface area (Å²) in [5.74, 6) is -0.509. The highest BCUT2D eigenvalue weighted by Gasteiger charge is 2.23. The zero-order chi connectivity index (χ0) is 21.0. The molecule has 1 atom stereocenters. The van der Waals surface area contributed by atoms with Gasteiger partial charge in [-0.25, -0.2) is 4.79 Å². The summed E-state index contributed by atoms with van der Waals surface area (Å²) in [4.78, 5) is 36.1. The second-order valence-electron chi connectivity index (χ2n) is 6.51. The number of benzene rings is 2. The van der Waals surface area contributed by atoms with E-state index in [1.54, 1.807) is 24.3 Å². The second-order valence-corrected chi connectivity index (χ2v) is 6.91. The van der Waals surface area contributed by atoms with E-state index in [-0.39, 0.29) is 22.3 Å². The van der Waals surface area contributed by atoms with Crippen molar-refractivity contribution >= 4 is 34.9 Å². The molecule has 1 heterocycles. The quantitative estimate of drug-likeness (QED) is 0.586. The third kappa shape index (κ3) is 5.06. The summed E-state index contributed by atoms with van der Waals surface area (Å²) in [6.07, 6.45) is -0.305. The van der Waals surface area contributed by atoms with E-state index in [0.717, 1.165) is 0 Å². The van der Waals surface area contributed by atoms with E-state index < -0.39 is 12.1 Å². The molecule has 0 saturated carbocycles. The summed E-state index contributed by atoms with van der Waals surface area (Å²) >= 11 is 6.20. The number of carbonyl (C=O) groups excluding carboxylic acids is 3. The predicted octanol–water partition coefficient (Wildman–Crippen LogP) is 3.89. The number of ether oxygens (including phenoxy) is 3. The molecule has 1 aliphatic rings. The molecule has 0 aromatic heterocycles. The van der Waals surface area contributed by atoms with Crippen LogP contribution < -0.4 is 14.8 Å². The maximum Gasteiger partial charge on any atom is 0.339 e. The SMILES string of the molecule is CC(=O)Nc1ccc(C(=O)C(C)OC(=O)c2cc(Cl)c3c(c2)OCCCO3)cc1. The van der Waals surface area contributed by atoms with Gasteiger partial charge in [-0.15, -0.1) is 0 Å². The fourth-order valence-corrected chi connectivity index (χ4v) is 3.05. The first kappa shape index (κ1) is 20.7. The molecule has 3 rings (SSSR count). The number of fused-ring (bicyclic) bond motifs is 1. The lowest BCUT2D eigenvalue weighted by Crippen LogP contribution is -2.24. The number of ketones is 1. The molecule has 29 heavy (non-hydrogen) atoms. The Morgan fingerprint density at radius 3 is 2.45 bits per heavy atom. The van der Waals surface area contributed by atoms with E-state index >= 15 is 0 Å². The molecule has 1 aliphatic heterocycles. The third-order valence-electron chi connectivity index (χ3n) is 4.18. The highest BCUT2D eigenvalue weighted by molar-refractivity contribution is 6.32. The average molecular weight is 418 g/mol. The Hall–Kier alpha value is -3.06. The van der Waals surface area contributed by atoms with Crippen LogP contribution in [0.25, 0.3) is 0 Å². The van der Waals surface area contributed by atoms with Gasteiger partial charge in [0.1, 0.15) is 0 Å². The minimum Gasteiger partial charge on any atom is -0.489 e. The van der Waals surface area contributed by atoms with Crippen LogP contribution in [0.15, 0.2) is 36.4 Å². The molecule has 2 aromatic rings. The topological polar surface area (TPSA) is 90.9 Å². The van der Waals surface area contributed by atoms with Crippen molar-refractivity contribution in [2.75, 3.05) is 18.5 Å². The zero-order valence-electron chi connectivity index (χ0n) is 16.0. The molecule has 0 saturated heterocycles. The lowest BCUT2D eigenvalue weighted by Gasteiger charge is -2.15. The van der Waals surface area contributed by atoms with Crippen LogP contribution in [0.4, 0.5) is 5.69 Å². The lowest BCUT2D eigenvalue weighted by atomic mass is 10.1. The molecular weight excluding hydrogens is 398 g/mol. The van der Waals surface area contributed by atoms with Crippen LogP contribution in [0.5, 0.6) is 11.5 Å². The lowest BCUT2D eigenvalue weighted by molar-refractivity contribution is -0.114. The van der Waals surface area contributed by atoms with Crippen molar-refractivity contribution in [3.8, 4) is 11.5 Å². The van der Waals surface area contributed by atoms with Gasteiger partial charge in [-0.2, -0.15) is 0 Å². The smallest absolute Gasteiger partial charge is 0.339 e. The van der Waals surface area contributed by atoms with Crippen LogP contribution >= 0.6 is 11.6 Å². The summed E-state index contributed by atoms with van der Waals surface area (Å²) in [6, 6.07) is 9.25. The molecule has 1 unspecified atom stereocenters. The van der Waals surface area contributed by atoms with Gasteiger partial charge in [0.2, 0.25) is 11.7 Å². The van der Waals surface area contributed by atoms with Crippen molar-refractivity contribution in [2.45, 2.75) is 26.4 Å². The molecule has 7 nitrogen and oxygen atoms in total. The highest BCUT2D eigenvalue weighted by Crippen LogP contribution is 2.38. The summed E-state index contributed by atoms with van der Waals surface area (Å²) in [7, 11) is 0. The third-order valence-corrected chi connectivity index (χ3v) is 4.46. The molecule has 0 aliphatic carbocycles. The van der Waals surface area contributed by atoms with Gasteiger partial charge in [-0.1, -0.05) is 11.6 Å². The summed E-state index contributed by atoms with van der Waals surface area (Å²) in [6.45, 7) is 3.81. The molecule has 0 fully saturated rings. The monoisotopic (exact) mass is 417 g/mol. The number of esters is 1. The number of hydrogen-bond acceptors (Lipinski definition) is 6. The van der Waals surface area contributed by atoms with E-state index in [9.17, 15) is 14.4 Å². The highest BCUT2D eigenvalue weighted by atomic mass is 35.5. The van der Waals surface area contributed by atoms with Gasteiger partial charge in [0.25, 0.3) is 0 Å². The fourth-order valence-electron chi connectivity index (χ4n) is 2.79. The van der Waals surface area contributed by atoms with E-state index in [0.29, 0.717) is 42.4 Å². The van der Waals surface area contributed by atoms with Crippen LogP contribution in [0.2, 0.25) is 5.02 Å². The molecule has 152 valence electrons. The Labute approximate surface area is 172 Å².